The zero-order valence-electron chi connectivity index (χ0n) is 11.6. The van der Waals surface area contributed by atoms with Crippen LogP contribution in [0.3, 0.4) is 0 Å². The smallest absolute Gasteiger partial charge is 0.337 e. The van der Waals surface area contributed by atoms with Gasteiger partial charge in [-0.25, -0.2) is 9.78 Å². The number of rotatable bonds is 5. The van der Waals surface area contributed by atoms with Crippen molar-refractivity contribution in [3.63, 3.8) is 0 Å². The Morgan fingerprint density at radius 1 is 1.50 bits per heavy atom. The number of aromatic carboxylic acids is 1. The van der Waals surface area contributed by atoms with Gasteiger partial charge in [-0.15, -0.1) is 0 Å². The van der Waals surface area contributed by atoms with Crippen LogP contribution in [0.2, 0.25) is 5.02 Å². The lowest BCUT2D eigenvalue weighted by Gasteiger charge is -2.29. The highest BCUT2D eigenvalue weighted by atomic mass is 35.5. The van der Waals surface area contributed by atoms with Crippen LogP contribution in [0.4, 0.5) is 5.82 Å². The molecular weight excluding hydrogens is 278 g/mol. The number of aromatic nitrogens is 1. The van der Waals surface area contributed by atoms with Crippen molar-refractivity contribution in [3.05, 3.63) is 22.8 Å². The number of carbonyl (C=O) groups is 1. The maximum absolute atomic E-state index is 11.0. The highest BCUT2D eigenvalue weighted by Crippen LogP contribution is 2.18. The first-order chi connectivity index (χ1) is 9.56. The van der Waals surface area contributed by atoms with Crippen molar-refractivity contribution in [2.45, 2.75) is 32.2 Å². The van der Waals surface area contributed by atoms with E-state index in [1.165, 1.54) is 31.5 Å². The van der Waals surface area contributed by atoms with Crippen LogP contribution in [0.15, 0.2) is 12.3 Å². The van der Waals surface area contributed by atoms with Gasteiger partial charge in [0, 0.05) is 18.8 Å². The first-order valence-electron chi connectivity index (χ1n) is 6.94. The van der Waals surface area contributed by atoms with Crippen LogP contribution < -0.4 is 5.32 Å². The Morgan fingerprint density at radius 2 is 2.20 bits per heavy atom. The van der Waals surface area contributed by atoms with Gasteiger partial charge in [0.25, 0.3) is 0 Å². The van der Waals surface area contributed by atoms with Crippen LogP contribution >= 0.6 is 11.6 Å². The molecule has 1 aromatic rings. The maximum Gasteiger partial charge on any atom is 0.337 e. The number of nitrogens with one attached hydrogen (secondary N) is 1. The second-order valence-corrected chi connectivity index (χ2v) is 5.67. The first-order valence-corrected chi connectivity index (χ1v) is 7.32. The fourth-order valence-corrected chi connectivity index (χ4v) is 2.69. The zero-order valence-corrected chi connectivity index (χ0v) is 12.4. The molecule has 6 heteroatoms. The number of piperidine rings is 1. The topological polar surface area (TPSA) is 65.5 Å². The molecule has 0 amide bonds. The fourth-order valence-electron chi connectivity index (χ4n) is 2.51. The standard InChI is InChI=1S/C14H20ClN3O2/c1-10(9-18-5-3-2-4-6-18)17-13-7-11(14(19)20)12(15)8-16-13/h7-8,10H,2-6,9H2,1H3,(H,16,17)(H,19,20). The summed E-state index contributed by atoms with van der Waals surface area (Å²) in [6.45, 7) is 5.29. The molecule has 0 radical (unpaired) electrons. The normalized spacial score (nSPS) is 17.7. The molecule has 5 nitrogen and oxygen atoms in total. The number of carboxylic acid groups (broad SMARTS) is 1. The van der Waals surface area contributed by atoms with Crippen molar-refractivity contribution in [1.82, 2.24) is 9.88 Å². The summed E-state index contributed by atoms with van der Waals surface area (Å²) in [6, 6.07) is 1.70. The Kier molecular flexibility index (Phi) is 5.20. The van der Waals surface area contributed by atoms with Crippen molar-refractivity contribution in [2.75, 3.05) is 25.0 Å². The second-order valence-electron chi connectivity index (χ2n) is 5.26. The minimum absolute atomic E-state index is 0.0781. The van der Waals surface area contributed by atoms with Gasteiger partial charge in [-0.05, 0) is 38.9 Å². The van der Waals surface area contributed by atoms with E-state index in [-0.39, 0.29) is 16.6 Å². The summed E-state index contributed by atoms with van der Waals surface area (Å²) in [5.74, 6) is -0.486. The molecule has 1 atom stereocenters. The van der Waals surface area contributed by atoms with E-state index < -0.39 is 5.97 Å². The Bertz CT molecular complexity index is 475. The SMILES string of the molecule is CC(CN1CCCCC1)Nc1cc(C(=O)O)c(Cl)cn1. The molecule has 0 aromatic carbocycles. The molecule has 0 saturated carbocycles. The maximum atomic E-state index is 11.0. The van der Waals surface area contributed by atoms with Crippen LogP contribution in [0.25, 0.3) is 0 Å². The molecule has 1 saturated heterocycles. The molecule has 2 rings (SSSR count). The van der Waals surface area contributed by atoms with Crippen molar-refractivity contribution in [3.8, 4) is 0 Å². The third-order valence-electron chi connectivity index (χ3n) is 3.46. The van der Waals surface area contributed by atoms with Gasteiger partial charge in [-0.1, -0.05) is 18.0 Å². The summed E-state index contributed by atoms with van der Waals surface area (Å²) in [7, 11) is 0. The Labute approximate surface area is 123 Å². The minimum atomic E-state index is -1.04. The van der Waals surface area contributed by atoms with E-state index in [0.29, 0.717) is 5.82 Å². The van der Waals surface area contributed by atoms with E-state index in [0.717, 1.165) is 19.6 Å². The monoisotopic (exact) mass is 297 g/mol. The lowest BCUT2D eigenvalue weighted by atomic mass is 10.1. The van der Waals surface area contributed by atoms with E-state index in [4.69, 9.17) is 16.7 Å². The van der Waals surface area contributed by atoms with Crippen LogP contribution in [0, 0.1) is 0 Å². The van der Waals surface area contributed by atoms with Gasteiger partial charge < -0.3 is 15.3 Å². The predicted octanol–water partition coefficient (Wildman–Crippen LogP) is 2.72. The van der Waals surface area contributed by atoms with Gasteiger partial charge in [0.1, 0.15) is 5.82 Å². The van der Waals surface area contributed by atoms with Gasteiger partial charge in [-0.3, -0.25) is 0 Å². The third-order valence-corrected chi connectivity index (χ3v) is 3.76. The number of likely N-dealkylation sites (tertiary alicyclic amines) is 1. The minimum Gasteiger partial charge on any atom is -0.478 e. The quantitative estimate of drug-likeness (QED) is 0.875. The molecule has 1 fully saturated rings. The third kappa shape index (κ3) is 4.08. The summed E-state index contributed by atoms with van der Waals surface area (Å²) in [6.07, 6.45) is 5.21. The van der Waals surface area contributed by atoms with E-state index >= 15 is 0 Å². The predicted molar refractivity (Wildman–Crippen MR) is 79.6 cm³/mol. The van der Waals surface area contributed by atoms with Crippen LogP contribution in [-0.2, 0) is 0 Å². The van der Waals surface area contributed by atoms with Crippen LogP contribution in [-0.4, -0.2) is 46.6 Å². The van der Waals surface area contributed by atoms with Gasteiger partial charge in [0.15, 0.2) is 0 Å². The number of halogens is 1. The first kappa shape index (κ1) is 15.1. The molecule has 0 bridgehead atoms. The lowest BCUT2D eigenvalue weighted by molar-refractivity contribution is 0.0697. The molecular formula is C14H20ClN3O2. The zero-order chi connectivity index (χ0) is 14.5. The Balaban J connectivity index is 1.95. The lowest BCUT2D eigenvalue weighted by Crippen LogP contribution is -2.38. The summed E-state index contributed by atoms with van der Waals surface area (Å²) in [5.41, 5.74) is 0.0781. The molecule has 110 valence electrons. The van der Waals surface area contributed by atoms with E-state index in [9.17, 15) is 4.79 Å². The molecule has 0 aliphatic carbocycles. The number of hydrogen-bond acceptors (Lipinski definition) is 4. The highest BCUT2D eigenvalue weighted by Gasteiger charge is 2.15. The molecule has 1 aliphatic heterocycles. The van der Waals surface area contributed by atoms with Crippen molar-refractivity contribution in [2.24, 2.45) is 0 Å². The Hall–Kier alpha value is -1.33. The molecule has 1 aliphatic rings. The molecule has 1 unspecified atom stereocenters. The largest absolute Gasteiger partial charge is 0.478 e. The number of carboxylic acids is 1. The number of nitrogens with zero attached hydrogens (tertiary/aromatic N) is 2. The molecule has 2 heterocycles. The molecule has 1 aromatic heterocycles. The van der Waals surface area contributed by atoms with Gasteiger partial charge >= 0.3 is 5.97 Å². The van der Waals surface area contributed by atoms with E-state index in [1.54, 1.807) is 0 Å². The fraction of sp³-hybridized carbons (Fsp3) is 0.571. The van der Waals surface area contributed by atoms with Gasteiger partial charge in [0.2, 0.25) is 0 Å². The highest BCUT2D eigenvalue weighted by molar-refractivity contribution is 6.33. The van der Waals surface area contributed by atoms with E-state index in [1.807, 2.05) is 0 Å². The van der Waals surface area contributed by atoms with Crippen LogP contribution in [0.1, 0.15) is 36.5 Å². The van der Waals surface area contributed by atoms with E-state index in [2.05, 4.69) is 22.1 Å². The second kappa shape index (κ2) is 6.90. The average Bonchev–Trinajstić information content (AvgIpc) is 2.41. The van der Waals surface area contributed by atoms with Crippen LogP contribution in [0.5, 0.6) is 0 Å². The van der Waals surface area contributed by atoms with Gasteiger partial charge in [0.05, 0.1) is 10.6 Å². The number of anilines is 1. The summed E-state index contributed by atoms with van der Waals surface area (Å²) >= 11 is 5.80. The van der Waals surface area contributed by atoms with Crippen molar-refractivity contribution < 1.29 is 9.90 Å². The molecule has 20 heavy (non-hydrogen) atoms. The number of hydrogen-bond donors (Lipinski definition) is 2. The summed E-state index contributed by atoms with van der Waals surface area (Å²) in [5, 5.41) is 12.4. The molecule has 2 N–H and O–H groups in total. The summed E-state index contributed by atoms with van der Waals surface area (Å²) in [4.78, 5) is 17.6. The Morgan fingerprint density at radius 3 is 2.85 bits per heavy atom. The summed E-state index contributed by atoms with van der Waals surface area (Å²) < 4.78 is 0. The molecule has 0 spiro atoms. The van der Waals surface area contributed by atoms with Crippen molar-refractivity contribution >= 4 is 23.4 Å². The van der Waals surface area contributed by atoms with Gasteiger partial charge in [-0.2, -0.15) is 0 Å². The average molecular weight is 298 g/mol. The number of pyridine rings is 1. The van der Waals surface area contributed by atoms with Crippen molar-refractivity contribution in [1.29, 1.82) is 0 Å².